The molecule has 0 radical (unpaired) electrons. The Morgan fingerprint density at radius 3 is 2.24 bits per heavy atom. The highest BCUT2D eigenvalue weighted by Gasteiger charge is 2.56. The fourth-order valence-corrected chi connectivity index (χ4v) is 3.46. The van der Waals surface area contributed by atoms with E-state index in [0.717, 1.165) is 6.40 Å². The molecule has 1 unspecified atom stereocenters. The van der Waals surface area contributed by atoms with Crippen molar-refractivity contribution in [3.05, 3.63) is 35.9 Å². The lowest BCUT2D eigenvalue weighted by Gasteiger charge is -2.43. The van der Waals surface area contributed by atoms with Crippen LogP contribution in [0.15, 0.2) is 34.7 Å². The van der Waals surface area contributed by atoms with Crippen LogP contribution in [-0.2, 0) is 19.5 Å². The summed E-state index contributed by atoms with van der Waals surface area (Å²) in [5.74, 6) is 0. The van der Waals surface area contributed by atoms with E-state index < -0.39 is 20.4 Å². The normalized spacial score (nSPS) is 29.6. The molecule has 1 aromatic carbocycles. The first kappa shape index (κ1) is 12.1. The van der Waals surface area contributed by atoms with E-state index in [-0.39, 0.29) is 0 Å². The molecule has 0 amide bonds. The number of hydrogen-bond acceptors (Lipinski definition) is 3. The maximum atomic E-state index is 12.2. The third kappa shape index (κ3) is 1.57. The average molecular weight is 253 g/mol. The van der Waals surface area contributed by atoms with E-state index in [9.17, 15) is 8.42 Å². The molecule has 4 nitrogen and oxygen atoms in total. The predicted octanol–water partition coefficient (Wildman–Crippen LogP) is 2.07. The molecule has 0 aromatic heterocycles. The summed E-state index contributed by atoms with van der Waals surface area (Å²) in [6.45, 7) is 5.15. The maximum absolute atomic E-state index is 12.2. The van der Waals surface area contributed by atoms with Gasteiger partial charge in [-0.2, -0.15) is 0 Å². The lowest BCUT2D eigenvalue weighted by atomic mass is 9.85. The molecule has 2 rings (SSSR count). The zero-order valence-corrected chi connectivity index (χ0v) is 10.9. The first-order valence-electron chi connectivity index (χ1n) is 5.33. The van der Waals surface area contributed by atoms with E-state index in [1.54, 1.807) is 32.9 Å². The van der Waals surface area contributed by atoms with E-state index in [1.165, 1.54) is 0 Å². The number of rotatable bonds is 1. The first-order valence-corrected chi connectivity index (χ1v) is 6.77. The summed E-state index contributed by atoms with van der Waals surface area (Å²) in [6.07, 6.45) is 1.01. The monoisotopic (exact) mass is 253 g/mol. The highest BCUT2D eigenvalue weighted by molar-refractivity contribution is 7.91. The van der Waals surface area contributed by atoms with Gasteiger partial charge >= 0.3 is 0 Å². The minimum atomic E-state index is -3.64. The molecule has 0 N–H and O–H groups in total. The topological polar surface area (TPSA) is 55.7 Å². The maximum Gasteiger partial charge on any atom is 0.269 e. The van der Waals surface area contributed by atoms with Crippen LogP contribution < -0.4 is 0 Å². The lowest BCUT2D eigenvalue weighted by Crippen LogP contribution is -2.54. The van der Waals surface area contributed by atoms with Crippen LogP contribution in [0.5, 0.6) is 0 Å². The van der Waals surface area contributed by atoms with Crippen molar-refractivity contribution >= 4 is 16.4 Å². The zero-order chi connectivity index (χ0) is 12.7. The van der Waals surface area contributed by atoms with Crippen molar-refractivity contribution in [2.75, 3.05) is 0 Å². The van der Waals surface area contributed by atoms with Crippen LogP contribution >= 0.6 is 0 Å². The molecule has 17 heavy (non-hydrogen) atoms. The Labute approximate surface area is 101 Å². The Morgan fingerprint density at radius 2 is 1.71 bits per heavy atom. The lowest BCUT2D eigenvalue weighted by molar-refractivity contribution is 0.0547. The van der Waals surface area contributed by atoms with Gasteiger partial charge in [0.25, 0.3) is 10.0 Å². The second-order valence-corrected chi connectivity index (χ2v) is 6.69. The Hall–Kier alpha value is -1.36. The van der Waals surface area contributed by atoms with Crippen molar-refractivity contribution < 1.29 is 13.2 Å². The van der Waals surface area contributed by atoms with E-state index in [2.05, 4.69) is 4.40 Å². The standard InChI is InChI=1S/C12H15NO3S/c1-11(2)12(3,10-7-5-4-6-8-10)17(14,15)13-9-16-11/h4-9H,1-3H3. The highest BCUT2D eigenvalue weighted by atomic mass is 32.2. The second-order valence-electron chi connectivity index (χ2n) is 4.71. The Kier molecular flexibility index (Phi) is 2.54. The smallest absolute Gasteiger partial charge is 0.269 e. The number of ether oxygens (including phenoxy) is 1. The minimum Gasteiger partial charge on any atom is -0.475 e. The van der Waals surface area contributed by atoms with Crippen molar-refractivity contribution in [2.24, 2.45) is 4.40 Å². The number of sulfonamides is 1. The molecule has 0 aliphatic carbocycles. The fourth-order valence-electron chi connectivity index (χ4n) is 1.99. The van der Waals surface area contributed by atoms with Gasteiger partial charge in [0.1, 0.15) is 5.60 Å². The third-order valence-corrected chi connectivity index (χ3v) is 5.64. The molecule has 92 valence electrons. The van der Waals surface area contributed by atoms with Gasteiger partial charge in [-0.15, -0.1) is 4.40 Å². The molecule has 0 saturated heterocycles. The summed E-state index contributed by atoms with van der Waals surface area (Å²) in [6, 6.07) is 9.03. The van der Waals surface area contributed by atoms with E-state index in [1.807, 2.05) is 18.2 Å². The summed E-state index contributed by atoms with van der Waals surface area (Å²) in [7, 11) is -3.64. The largest absolute Gasteiger partial charge is 0.475 e. The van der Waals surface area contributed by atoms with Gasteiger partial charge in [0.05, 0.1) is 0 Å². The zero-order valence-electron chi connectivity index (χ0n) is 10.0. The number of hydrogen-bond donors (Lipinski definition) is 0. The van der Waals surface area contributed by atoms with Gasteiger partial charge in [0.15, 0.2) is 11.1 Å². The molecule has 1 aromatic rings. The summed E-state index contributed by atoms with van der Waals surface area (Å²) < 4.78 is 32.2. The Morgan fingerprint density at radius 1 is 1.12 bits per heavy atom. The van der Waals surface area contributed by atoms with Crippen LogP contribution in [0.25, 0.3) is 0 Å². The van der Waals surface area contributed by atoms with Crippen molar-refractivity contribution in [2.45, 2.75) is 31.1 Å². The van der Waals surface area contributed by atoms with Crippen LogP contribution in [0.3, 0.4) is 0 Å². The van der Waals surface area contributed by atoms with Crippen LogP contribution in [-0.4, -0.2) is 20.4 Å². The Bertz CT molecular complexity index is 548. The molecular formula is C12H15NO3S. The average Bonchev–Trinajstić information content (AvgIpc) is 2.26. The van der Waals surface area contributed by atoms with Gasteiger partial charge < -0.3 is 4.74 Å². The van der Waals surface area contributed by atoms with E-state index >= 15 is 0 Å². The molecule has 1 aliphatic rings. The molecule has 1 aliphatic heterocycles. The molecule has 1 atom stereocenters. The van der Waals surface area contributed by atoms with Crippen LogP contribution in [0.1, 0.15) is 26.3 Å². The van der Waals surface area contributed by atoms with Gasteiger partial charge in [-0.05, 0) is 26.3 Å². The van der Waals surface area contributed by atoms with Crippen LogP contribution in [0, 0.1) is 0 Å². The first-order chi connectivity index (χ1) is 7.81. The summed E-state index contributed by atoms with van der Waals surface area (Å²) in [5.41, 5.74) is -0.184. The van der Waals surface area contributed by atoms with Crippen molar-refractivity contribution in [3.63, 3.8) is 0 Å². The SMILES string of the molecule is CC1(C)OC=NS(=O)(=O)C1(C)c1ccccc1. The van der Waals surface area contributed by atoms with Gasteiger partial charge in [-0.1, -0.05) is 30.3 Å². The van der Waals surface area contributed by atoms with Crippen molar-refractivity contribution in [1.82, 2.24) is 0 Å². The second kappa shape index (κ2) is 3.57. The Balaban J connectivity index is 2.73. The molecular weight excluding hydrogens is 238 g/mol. The summed E-state index contributed by atoms with van der Waals surface area (Å²) in [5, 5.41) is 0. The quantitative estimate of drug-likeness (QED) is 0.770. The van der Waals surface area contributed by atoms with Gasteiger partial charge in [-0.25, -0.2) is 8.42 Å². The summed E-state index contributed by atoms with van der Waals surface area (Å²) >= 11 is 0. The van der Waals surface area contributed by atoms with E-state index in [4.69, 9.17) is 4.74 Å². The highest BCUT2D eigenvalue weighted by Crippen LogP contribution is 2.44. The van der Waals surface area contributed by atoms with Crippen LogP contribution in [0.4, 0.5) is 0 Å². The molecule has 0 spiro atoms. The number of nitrogens with zero attached hydrogens (tertiary/aromatic N) is 1. The fraction of sp³-hybridized carbons (Fsp3) is 0.417. The molecule has 1 heterocycles. The minimum absolute atomic E-state index is 0.682. The van der Waals surface area contributed by atoms with Crippen molar-refractivity contribution in [3.8, 4) is 0 Å². The van der Waals surface area contributed by atoms with Gasteiger partial charge in [-0.3, -0.25) is 0 Å². The molecule has 0 bridgehead atoms. The molecule has 0 saturated carbocycles. The van der Waals surface area contributed by atoms with Crippen LogP contribution in [0.2, 0.25) is 0 Å². The molecule has 0 fully saturated rings. The third-order valence-electron chi connectivity index (χ3n) is 3.52. The number of benzene rings is 1. The molecule has 5 heteroatoms. The predicted molar refractivity (Wildman–Crippen MR) is 66.4 cm³/mol. The van der Waals surface area contributed by atoms with Gasteiger partial charge in [0.2, 0.25) is 0 Å². The van der Waals surface area contributed by atoms with Gasteiger partial charge in [0, 0.05) is 0 Å². The summed E-state index contributed by atoms with van der Waals surface area (Å²) in [4.78, 5) is 0. The van der Waals surface area contributed by atoms with Crippen molar-refractivity contribution in [1.29, 1.82) is 0 Å². The van der Waals surface area contributed by atoms with E-state index in [0.29, 0.717) is 5.56 Å².